The highest BCUT2D eigenvalue weighted by Crippen LogP contribution is 2.40. The molecule has 6 heteroatoms. The van der Waals surface area contributed by atoms with Gasteiger partial charge in [0.2, 0.25) is 0 Å². The summed E-state index contributed by atoms with van der Waals surface area (Å²) in [5.41, 5.74) is 1.69. The van der Waals surface area contributed by atoms with Crippen molar-refractivity contribution in [1.82, 2.24) is 4.57 Å². The Labute approximate surface area is 152 Å². The van der Waals surface area contributed by atoms with E-state index in [9.17, 15) is 14.7 Å². The van der Waals surface area contributed by atoms with Gasteiger partial charge in [-0.3, -0.25) is 4.79 Å². The number of nitrogens with zero attached hydrogens (tertiary/aromatic N) is 1. The number of phenols is 1. The average Bonchev–Trinajstić information content (AvgIpc) is 2.72. The second-order valence-corrected chi connectivity index (χ2v) is 6.82. The zero-order valence-electron chi connectivity index (χ0n) is 15.4. The summed E-state index contributed by atoms with van der Waals surface area (Å²) in [6.07, 6.45) is 1.57. The van der Waals surface area contributed by atoms with E-state index < -0.39 is 11.4 Å². The van der Waals surface area contributed by atoms with E-state index in [0.717, 1.165) is 5.56 Å². The summed E-state index contributed by atoms with van der Waals surface area (Å²) in [7, 11) is 0. The number of esters is 1. The molecule has 1 aromatic carbocycles. The van der Waals surface area contributed by atoms with Crippen molar-refractivity contribution < 1.29 is 19.4 Å². The minimum atomic E-state index is -0.623. The van der Waals surface area contributed by atoms with E-state index >= 15 is 0 Å². The fraction of sp³-hybridized carbons (Fsp3) is 0.400. The number of aromatic hydroxyl groups is 1. The molecule has 0 aliphatic carbocycles. The van der Waals surface area contributed by atoms with Crippen LogP contribution in [-0.2, 0) is 4.74 Å². The number of fused-ring (bicyclic) bond motifs is 3. The molecule has 1 N–H and O–H groups in total. The molecule has 0 radical (unpaired) electrons. The van der Waals surface area contributed by atoms with E-state index in [4.69, 9.17) is 9.47 Å². The highest BCUT2D eigenvalue weighted by atomic mass is 16.5. The summed E-state index contributed by atoms with van der Waals surface area (Å²) in [4.78, 5) is 24.7. The van der Waals surface area contributed by atoms with Crippen molar-refractivity contribution >= 4 is 5.97 Å². The molecule has 0 fully saturated rings. The van der Waals surface area contributed by atoms with Crippen molar-refractivity contribution in [3.05, 3.63) is 45.7 Å². The van der Waals surface area contributed by atoms with Crippen LogP contribution in [0.1, 0.15) is 42.7 Å². The number of hydrogen-bond donors (Lipinski definition) is 1. The van der Waals surface area contributed by atoms with E-state index in [0.29, 0.717) is 23.6 Å². The standard InChI is InChI=1S/C20H23NO5/c1-5-25-20(24)14-9-21-15(7-18(14)23)13-6-12(4)17(22)8-19(13)26-10-16(21)11(2)3/h6-9,11,16,22H,5,10H2,1-4H3/t16-/m0/s1. The van der Waals surface area contributed by atoms with Crippen LogP contribution >= 0.6 is 0 Å². The zero-order valence-corrected chi connectivity index (χ0v) is 15.4. The third-order valence-electron chi connectivity index (χ3n) is 4.69. The number of aryl methyl sites for hydroxylation is 1. The Morgan fingerprint density at radius 2 is 2.12 bits per heavy atom. The van der Waals surface area contributed by atoms with Gasteiger partial charge in [-0.1, -0.05) is 13.8 Å². The predicted octanol–water partition coefficient (Wildman–Crippen LogP) is 3.30. The summed E-state index contributed by atoms with van der Waals surface area (Å²) >= 11 is 0. The first kappa shape index (κ1) is 18.0. The molecule has 0 saturated carbocycles. The smallest absolute Gasteiger partial charge is 0.343 e. The minimum Gasteiger partial charge on any atom is -0.508 e. The summed E-state index contributed by atoms with van der Waals surface area (Å²) in [6, 6.07) is 4.74. The van der Waals surface area contributed by atoms with E-state index in [1.807, 2.05) is 4.57 Å². The molecule has 1 atom stereocenters. The number of rotatable bonds is 3. The second kappa shape index (κ2) is 6.86. The Bertz CT molecular complexity index is 913. The van der Waals surface area contributed by atoms with Gasteiger partial charge in [-0.25, -0.2) is 4.79 Å². The van der Waals surface area contributed by atoms with Crippen LogP contribution in [0.3, 0.4) is 0 Å². The van der Waals surface area contributed by atoms with Crippen LogP contribution in [0.4, 0.5) is 0 Å². The normalized spacial score (nSPS) is 15.7. The Morgan fingerprint density at radius 1 is 1.38 bits per heavy atom. The maximum Gasteiger partial charge on any atom is 0.343 e. The Balaban J connectivity index is 2.27. The molecular formula is C20H23NO5. The molecule has 3 rings (SSSR count). The molecule has 0 bridgehead atoms. The van der Waals surface area contributed by atoms with Crippen molar-refractivity contribution in [2.24, 2.45) is 5.92 Å². The van der Waals surface area contributed by atoms with Gasteiger partial charge in [-0.05, 0) is 31.4 Å². The molecule has 2 heterocycles. The van der Waals surface area contributed by atoms with Crippen LogP contribution in [0.15, 0.2) is 29.2 Å². The summed E-state index contributed by atoms with van der Waals surface area (Å²) in [5, 5.41) is 10.0. The molecule has 2 aromatic rings. The summed E-state index contributed by atoms with van der Waals surface area (Å²) in [6.45, 7) is 8.17. The zero-order chi connectivity index (χ0) is 19.0. The number of phenolic OH excluding ortho intramolecular Hbond substituents is 1. The number of benzene rings is 1. The molecule has 1 aliphatic rings. The number of ether oxygens (including phenoxy) is 2. The molecule has 0 unspecified atom stereocenters. The molecular weight excluding hydrogens is 334 g/mol. The maximum atomic E-state index is 12.6. The van der Waals surface area contributed by atoms with E-state index in [2.05, 4.69) is 13.8 Å². The highest BCUT2D eigenvalue weighted by Gasteiger charge is 2.27. The first-order chi connectivity index (χ1) is 12.3. The number of carbonyl (C=O) groups excluding carboxylic acids is 1. The van der Waals surface area contributed by atoms with Crippen LogP contribution in [0, 0.1) is 12.8 Å². The minimum absolute atomic E-state index is 0.0141. The monoisotopic (exact) mass is 357 g/mol. The molecule has 1 aliphatic heterocycles. The molecule has 0 saturated heterocycles. The van der Waals surface area contributed by atoms with Crippen molar-refractivity contribution in [2.75, 3.05) is 13.2 Å². The molecule has 1 aromatic heterocycles. The van der Waals surface area contributed by atoms with Gasteiger partial charge in [0, 0.05) is 23.9 Å². The topological polar surface area (TPSA) is 77.8 Å². The third-order valence-corrected chi connectivity index (χ3v) is 4.69. The molecule has 0 amide bonds. The maximum absolute atomic E-state index is 12.6. The third kappa shape index (κ3) is 3.07. The van der Waals surface area contributed by atoms with Crippen LogP contribution < -0.4 is 10.2 Å². The average molecular weight is 357 g/mol. The Kier molecular flexibility index (Phi) is 4.76. The van der Waals surface area contributed by atoms with Crippen LogP contribution in [-0.4, -0.2) is 28.9 Å². The SMILES string of the molecule is CCOC(=O)c1cn2c(cc1=O)-c1cc(C)c(O)cc1OC[C@H]2C(C)C. The van der Waals surface area contributed by atoms with Crippen molar-refractivity contribution in [2.45, 2.75) is 33.7 Å². The first-order valence-corrected chi connectivity index (χ1v) is 8.73. The number of pyridine rings is 1. The van der Waals surface area contributed by atoms with Gasteiger partial charge in [-0.2, -0.15) is 0 Å². The van der Waals surface area contributed by atoms with Crippen LogP contribution in [0.25, 0.3) is 11.3 Å². The lowest BCUT2D eigenvalue weighted by Gasteiger charge is -2.24. The molecule has 138 valence electrons. The number of aromatic nitrogens is 1. The molecule has 0 spiro atoms. The van der Waals surface area contributed by atoms with E-state index in [1.54, 1.807) is 32.2 Å². The summed E-state index contributed by atoms with van der Waals surface area (Å²) < 4.78 is 12.9. The van der Waals surface area contributed by atoms with Gasteiger partial charge in [0.15, 0.2) is 5.43 Å². The number of hydrogen-bond acceptors (Lipinski definition) is 5. The van der Waals surface area contributed by atoms with E-state index in [1.165, 1.54) is 6.07 Å². The highest BCUT2D eigenvalue weighted by molar-refractivity contribution is 5.89. The van der Waals surface area contributed by atoms with Gasteiger partial charge in [0.1, 0.15) is 23.7 Å². The van der Waals surface area contributed by atoms with Gasteiger partial charge >= 0.3 is 5.97 Å². The fourth-order valence-electron chi connectivity index (χ4n) is 3.17. The largest absolute Gasteiger partial charge is 0.508 e. The van der Waals surface area contributed by atoms with Gasteiger partial charge in [0.05, 0.1) is 18.3 Å². The summed E-state index contributed by atoms with van der Waals surface area (Å²) in [5.74, 6) is 0.245. The quantitative estimate of drug-likeness (QED) is 0.853. The lowest BCUT2D eigenvalue weighted by Crippen LogP contribution is -2.26. The number of carbonyl (C=O) groups is 1. The predicted molar refractivity (Wildman–Crippen MR) is 97.9 cm³/mol. The van der Waals surface area contributed by atoms with Crippen LogP contribution in [0.5, 0.6) is 11.5 Å². The Hall–Kier alpha value is -2.76. The van der Waals surface area contributed by atoms with Crippen molar-refractivity contribution in [3.8, 4) is 22.8 Å². The van der Waals surface area contributed by atoms with Crippen LogP contribution in [0.2, 0.25) is 0 Å². The van der Waals surface area contributed by atoms with Gasteiger partial charge < -0.3 is 19.1 Å². The van der Waals surface area contributed by atoms with Gasteiger partial charge in [0.25, 0.3) is 0 Å². The Morgan fingerprint density at radius 3 is 2.77 bits per heavy atom. The van der Waals surface area contributed by atoms with Crippen molar-refractivity contribution in [3.63, 3.8) is 0 Å². The fourth-order valence-corrected chi connectivity index (χ4v) is 3.17. The molecule has 6 nitrogen and oxygen atoms in total. The first-order valence-electron chi connectivity index (χ1n) is 8.73. The lowest BCUT2D eigenvalue weighted by molar-refractivity contribution is 0.0523. The van der Waals surface area contributed by atoms with Crippen molar-refractivity contribution in [1.29, 1.82) is 0 Å². The lowest BCUT2D eigenvalue weighted by atomic mass is 10.0. The van der Waals surface area contributed by atoms with E-state index in [-0.39, 0.29) is 29.9 Å². The van der Waals surface area contributed by atoms with Gasteiger partial charge in [-0.15, -0.1) is 0 Å². The second-order valence-electron chi connectivity index (χ2n) is 6.82. The molecule has 26 heavy (non-hydrogen) atoms.